The van der Waals surface area contributed by atoms with E-state index in [1.165, 1.54) is 0 Å². The number of hydrogen-bond donors (Lipinski definition) is 2. The third kappa shape index (κ3) is 2.76. The molecule has 0 aromatic heterocycles. The van der Waals surface area contributed by atoms with E-state index in [-0.39, 0.29) is 0 Å². The summed E-state index contributed by atoms with van der Waals surface area (Å²) in [5, 5.41) is 2.44. The predicted octanol–water partition coefficient (Wildman–Crippen LogP) is -1.30. The zero-order valence-corrected chi connectivity index (χ0v) is 9.85. The van der Waals surface area contributed by atoms with Crippen molar-refractivity contribution in [3.05, 3.63) is 0 Å². The van der Waals surface area contributed by atoms with Crippen LogP contribution in [0, 0.1) is 5.41 Å². The van der Waals surface area contributed by atoms with Crippen molar-refractivity contribution in [3.63, 3.8) is 0 Å². The fraction of sp³-hybridized carbons (Fsp3) is 0.818. The summed E-state index contributed by atoms with van der Waals surface area (Å²) in [6.45, 7) is 4.91. The summed E-state index contributed by atoms with van der Waals surface area (Å²) in [6, 6.07) is -0.533. The van der Waals surface area contributed by atoms with Gasteiger partial charge in [-0.3, -0.25) is 9.59 Å². The Morgan fingerprint density at radius 3 is 2.71 bits per heavy atom. The van der Waals surface area contributed by atoms with Crippen molar-refractivity contribution in [2.75, 3.05) is 32.8 Å². The zero-order valence-electron chi connectivity index (χ0n) is 9.85. The summed E-state index contributed by atoms with van der Waals surface area (Å²) < 4.78 is 5.20. The molecule has 0 radical (unpaired) electrons. The lowest BCUT2D eigenvalue weighted by Gasteiger charge is -2.55. The lowest BCUT2D eigenvalue weighted by atomic mass is 9.78. The highest BCUT2D eigenvalue weighted by atomic mass is 16.5. The average Bonchev–Trinajstić information content (AvgIpc) is 2.16. The third-order valence-electron chi connectivity index (χ3n) is 3.51. The van der Waals surface area contributed by atoms with Gasteiger partial charge in [-0.05, 0) is 19.4 Å². The van der Waals surface area contributed by atoms with Gasteiger partial charge in [-0.15, -0.1) is 0 Å². The molecule has 1 spiro atoms. The minimum absolute atomic E-state index is 0.435. The van der Waals surface area contributed by atoms with Crippen LogP contribution in [0.5, 0.6) is 0 Å². The highest BCUT2D eigenvalue weighted by Gasteiger charge is 2.48. The molecule has 6 nitrogen and oxygen atoms in total. The lowest BCUT2D eigenvalue weighted by Crippen LogP contribution is -2.65. The second kappa shape index (κ2) is 5.01. The van der Waals surface area contributed by atoms with Gasteiger partial charge in [0.15, 0.2) is 0 Å². The maximum atomic E-state index is 11.0. The van der Waals surface area contributed by atoms with Crippen LogP contribution < -0.4 is 11.1 Å². The van der Waals surface area contributed by atoms with Crippen LogP contribution in [-0.2, 0) is 14.3 Å². The Morgan fingerprint density at radius 1 is 1.53 bits per heavy atom. The molecule has 0 saturated carbocycles. The van der Waals surface area contributed by atoms with Crippen LogP contribution in [0.2, 0.25) is 0 Å². The molecule has 2 rings (SSSR count). The first-order chi connectivity index (χ1) is 8.15. The molecule has 0 aliphatic carbocycles. The second-order valence-corrected chi connectivity index (χ2v) is 5.09. The Morgan fingerprint density at radius 2 is 2.24 bits per heavy atom. The first kappa shape index (κ1) is 12.3. The number of nitrogens with two attached hydrogens (primary N) is 1. The van der Waals surface area contributed by atoms with E-state index in [1.54, 1.807) is 0 Å². The fourth-order valence-corrected chi connectivity index (χ4v) is 2.54. The number of primary amides is 1. The molecule has 2 amide bonds. The van der Waals surface area contributed by atoms with Crippen LogP contribution >= 0.6 is 0 Å². The topological polar surface area (TPSA) is 84.7 Å². The van der Waals surface area contributed by atoms with Gasteiger partial charge < -0.3 is 20.7 Å². The molecule has 2 aliphatic heterocycles. The molecule has 1 unspecified atom stereocenters. The van der Waals surface area contributed by atoms with Crippen molar-refractivity contribution in [1.29, 1.82) is 0 Å². The first-order valence-electron chi connectivity index (χ1n) is 5.94. The van der Waals surface area contributed by atoms with Gasteiger partial charge in [0.25, 0.3) is 0 Å². The van der Waals surface area contributed by atoms with Gasteiger partial charge in [-0.1, -0.05) is 0 Å². The van der Waals surface area contributed by atoms with Crippen molar-refractivity contribution in [3.8, 4) is 0 Å². The third-order valence-corrected chi connectivity index (χ3v) is 3.51. The number of likely N-dealkylation sites (tertiary alicyclic amines) is 1. The number of carbonyl (C=O) groups is 2. The van der Waals surface area contributed by atoms with E-state index >= 15 is 0 Å². The monoisotopic (exact) mass is 241 g/mol. The molecule has 0 bridgehead atoms. The molecule has 2 heterocycles. The maximum absolute atomic E-state index is 11.0. The molecule has 0 aromatic rings. The molecule has 0 aromatic carbocycles. The molecule has 6 heteroatoms. The number of rotatable bonds is 7. The van der Waals surface area contributed by atoms with Crippen molar-refractivity contribution in [2.45, 2.75) is 18.9 Å². The number of hydrogen-bond acceptors (Lipinski definition) is 4. The molecule has 2 saturated heterocycles. The quantitative estimate of drug-likeness (QED) is 0.542. The van der Waals surface area contributed by atoms with Crippen molar-refractivity contribution in [1.82, 2.24) is 10.2 Å². The van der Waals surface area contributed by atoms with Crippen molar-refractivity contribution < 1.29 is 14.3 Å². The van der Waals surface area contributed by atoms with E-state index in [0.717, 1.165) is 39.3 Å². The van der Waals surface area contributed by atoms with Crippen LogP contribution in [0.4, 0.5) is 0 Å². The molecule has 3 N–H and O–H groups in total. The number of nitrogens with one attached hydrogen (secondary N) is 1. The van der Waals surface area contributed by atoms with Crippen LogP contribution in [-0.4, -0.2) is 56.1 Å². The fourth-order valence-electron chi connectivity index (χ4n) is 2.54. The van der Waals surface area contributed by atoms with Gasteiger partial charge in [-0.2, -0.15) is 0 Å². The van der Waals surface area contributed by atoms with Gasteiger partial charge in [0.2, 0.25) is 12.3 Å². The van der Waals surface area contributed by atoms with E-state index in [9.17, 15) is 9.59 Å². The van der Waals surface area contributed by atoms with E-state index in [2.05, 4.69) is 10.2 Å². The number of amides is 2. The van der Waals surface area contributed by atoms with Gasteiger partial charge in [0, 0.05) is 18.5 Å². The largest absolute Gasteiger partial charge is 0.380 e. The molecule has 2 fully saturated rings. The molecule has 2 aliphatic rings. The smallest absolute Gasteiger partial charge is 0.239 e. The molecule has 1 atom stereocenters. The number of carbonyl (C=O) groups excluding carboxylic acids is 2. The SMILES string of the molecule is NC(=O)C(CCCN1CC2(COC2)C1)NC=O. The Bertz CT molecular complexity index is 296. The van der Waals surface area contributed by atoms with Gasteiger partial charge in [0.1, 0.15) is 6.04 Å². The molecular weight excluding hydrogens is 222 g/mol. The standard InChI is InChI=1S/C11H19N3O3/c12-10(16)9(13-8-15)2-1-3-14-4-11(5-14)6-17-7-11/h8-9H,1-7H2,(H2,12,16)(H,13,15). The van der Waals surface area contributed by atoms with Crippen LogP contribution in [0.25, 0.3) is 0 Å². The van der Waals surface area contributed by atoms with Crippen molar-refractivity contribution >= 4 is 12.3 Å². The van der Waals surface area contributed by atoms with E-state index in [4.69, 9.17) is 10.5 Å². The summed E-state index contributed by atoms with van der Waals surface area (Å²) in [7, 11) is 0. The second-order valence-electron chi connectivity index (χ2n) is 5.09. The highest BCUT2D eigenvalue weighted by Crippen LogP contribution is 2.37. The van der Waals surface area contributed by atoms with Gasteiger partial charge >= 0.3 is 0 Å². The Labute approximate surface area is 100 Å². The summed E-state index contributed by atoms with van der Waals surface area (Å²) in [4.78, 5) is 23.6. The molecule has 17 heavy (non-hydrogen) atoms. The number of ether oxygens (including phenoxy) is 1. The minimum Gasteiger partial charge on any atom is -0.380 e. The summed E-state index contributed by atoms with van der Waals surface area (Å²) in [6.07, 6.45) is 2.00. The normalized spacial score (nSPS) is 23.5. The summed E-state index contributed by atoms with van der Waals surface area (Å²) >= 11 is 0. The highest BCUT2D eigenvalue weighted by molar-refractivity contribution is 5.81. The lowest BCUT2D eigenvalue weighted by molar-refractivity contribution is -0.188. The average molecular weight is 241 g/mol. The van der Waals surface area contributed by atoms with Crippen LogP contribution in [0.1, 0.15) is 12.8 Å². The van der Waals surface area contributed by atoms with E-state index in [0.29, 0.717) is 18.2 Å². The number of nitrogens with zero attached hydrogens (tertiary/aromatic N) is 1. The minimum atomic E-state index is -0.533. The Balaban J connectivity index is 1.59. The predicted molar refractivity (Wildman–Crippen MR) is 61.1 cm³/mol. The summed E-state index contributed by atoms with van der Waals surface area (Å²) in [5.41, 5.74) is 5.60. The van der Waals surface area contributed by atoms with Crippen LogP contribution in [0.15, 0.2) is 0 Å². The van der Waals surface area contributed by atoms with E-state index in [1.807, 2.05) is 0 Å². The Kier molecular flexibility index (Phi) is 3.63. The summed E-state index contributed by atoms with van der Waals surface area (Å²) in [5.74, 6) is -0.468. The van der Waals surface area contributed by atoms with Crippen LogP contribution in [0.3, 0.4) is 0 Å². The first-order valence-corrected chi connectivity index (χ1v) is 5.94. The van der Waals surface area contributed by atoms with E-state index < -0.39 is 11.9 Å². The van der Waals surface area contributed by atoms with Crippen molar-refractivity contribution in [2.24, 2.45) is 11.1 Å². The zero-order chi connectivity index (χ0) is 12.3. The maximum Gasteiger partial charge on any atom is 0.239 e. The molecular formula is C11H19N3O3. The molecule has 96 valence electrons. The Hall–Kier alpha value is -1.14. The van der Waals surface area contributed by atoms with Gasteiger partial charge in [-0.25, -0.2) is 0 Å². The van der Waals surface area contributed by atoms with Gasteiger partial charge in [0.05, 0.1) is 13.2 Å².